The summed E-state index contributed by atoms with van der Waals surface area (Å²) in [4.78, 5) is 11.9. The van der Waals surface area contributed by atoms with Crippen LogP contribution < -0.4 is 10.6 Å². The second-order valence-electron chi connectivity index (χ2n) is 8.08. The Morgan fingerprint density at radius 3 is 2.39 bits per heavy atom. The van der Waals surface area contributed by atoms with Crippen LogP contribution in [0.15, 0.2) is 58.8 Å². The van der Waals surface area contributed by atoms with Gasteiger partial charge in [-0.2, -0.15) is 18.3 Å². The first-order chi connectivity index (χ1) is 14.8. The van der Waals surface area contributed by atoms with E-state index in [2.05, 4.69) is 20.0 Å². The van der Waals surface area contributed by atoms with Crippen LogP contribution in [0.2, 0.25) is 0 Å². The summed E-state index contributed by atoms with van der Waals surface area (Å²) in [6.07, 6.45) is 2.78. The average molecular weight is 447 g/mol. The molecule has 2 aliphatic rings. The number of alkyl halides is 3. The van der Waals surface area contributed by atoms with E-state index in [0.29, 0.717) is 9.92 Å². The first kappa shape index (κ1) is 20.3. The van der Waals surface area contributed by atoms with Crippen molar-refractivity contribution < 1.29 is 13.2 Å². The Morgan fingerprint density at radius 2 is 1.77 bits per heavy atom. The average Bonchev–Trinajstić information content (AvgIpc) is 3.30. The Morgan fingerprint density at radius 1 is 1.03 bits per heavy atom. The molecule has 6 nitrogen and oxygen atoms in total. The van der Waals surface area contributed by atoms with E-state index >= 15 is 0 Å². The van der Waals surface area contributed by atoms with Gasteiger partial charge < -0.3 is 10.6 Å². The van der Waals surface area contributed by atoms with Crippen molar-refractivity contribution in [3.05, 3.63) is 60.2 Å². The highest BCUT2D eigenvalue weighted by Gasteiger charge is 2.47. The summed E-state index contributed by atoms with van der Waals surface area (Å²) in [5.74, 6) is 0.802. The van der Waals surface area contributed by atoms with E-state index in [0.717, 1.165) is 56.1 Å². The summed E-state index contributed by atoms with van der Waals surface area (Å²) in [6.45, 7) is 2.55. The van der Waals surface area contributed by atoms with Crippen molar-refractivity contribution in [2.75, 3.05) is 18.0 Å². The molecule has 1 aromatic carbocycles. The minimum Gasteiger partial charge on any atom is -0.355 e. The molecule has 1 saturated heterocycles. The van der Waals surface area contributed by atoms with Crippen molar-refractivity contribution >= 4 is 17.6 Å². The van der Waals surface area contributed by atoms with Crippen LogP contribution in [0.5, 0.6) is 0 Å². The molecule has 10 heteroatoms. The quantitative estimate of drug-likeness (QED) is 0.652. The second-order valence-corrected chi connectivity index (χ2v) is 9.17. The highest BCUT2D eigenvalue weighted by Crippen LogP contribution is 2.47. The Kier molecular flexibility index (Phi) is 4.93. The van der Waals surface area contributed by atoms with Gasteiger partial charge in [0.1, 0.15) is 10.8 Å². The standard InChI is InChI=1S/C21H21F3N6S/c22-21(23,24)14-1-3-15(4-2-14)31-18-12-26-17(11-27-18)29-9-6-20(7-10-29)13-30-16(19(20)25)5-8-28-30/h1-5,8,11-12,19H,6-7,9-10,13,25H2/t19-/m1/s1. The number of hydrogen-bond donors (Lipinski definition) is 1. The first-order valence-electron chi connectivity index (χ1n) is 10.0. The van der Waals surface area contributed by atoms with Gasteiger partial charge in [0.2, 0.25) is 0 Å². The fourth-order valence-corrected chi connectivity index (χ4v) is 5.18. The lowest BCUT2D eigenvalue weighted by Crippen LogP contribution is -2.45. The van der Waals surface area contributed by atoms with Gasteiger partial charge in [0, 0.05) is 36.1 Å². The topological polar surface area (TPSA) is 72.9 Å². The van der Waals surface area contributed by atoms with E-state index in [9.17, 15) is 13.2 Å². The van der Waals surface area contributed by atoms with Gasteiger partial charge in [-0.15, -0.1) is 0 Å². The van der Waals surface area contributed by atoms with Crippen LogP contribution in [0.1, 0.15) is 30.1 Å². The molecule has 0 bridgehead atoms. The van der Waals surface area contributed by atoms with Crippen LogP contribution in [-0.2, 0) is 12.7 Å². The molecule has 0 radical (unpaired) electrons. The largest absolute Gasteiger partial charge is 0.416 e. The molecule has 0 aliphatic carbocycles. The van der Waals surface area contributed by atoms with Crippen LogP contribution in [0.3, 0.4) is 0 Å². The Balaban J connectivity index is 1.21. The molecule has 0 unspecified atom stereocenters. The SMILES string of the molecule is N[C@@H]1c2ccnn2CC12CCN(c1cnc(Sc3ccc(C(F)(F)F)cc3)cn1)CC2. The third-order valence-corrected chi connectivity index (χ3v) is 7.22. The third-order valence-electron chi connectivity index (χ3n) is 6.29. The van der Waals surface area contributed by atoms with Gasteiger partial charge in [-0.1, -0.05) is 11.8 Å². The van der Waals surface area contributed by atoms with E-state index in [-0.39, 0.29) is 11.5 Å². The third kappa shape index (κ3) is 3.78. The molecule has 1 atom stereocenters. The molecular weight excluding hydrogens is 425 g/mol. The molecule has 0 saturated carbocycles. The number of halogens is 3. The van der Waals surface area contributed by atoms with Crippen LogP contribution in [0.25, 0.3) is 0 Å². The smallest absolute Gasteiger partial charge is 0.355 e. The van der Waals surface area contributed by atoms with E-state index < -0.39 is 11.7 Å². The van der Waals surface area contributed by atoms with E-state index in [1.807, 2.05) is 10.7 Å². The maximum atomic E-state index is 12.7. The van der Waals surface area contributed by atoms with Crippen LogP contribution in [0, 0.1) is 5.41 Å². The predicted molar refractivity (Wildman–Crippen MR) is 111 cm³/mol. The Labute approximate surface area is 181 Å². The zero-order chi connectivity index (χ0) is 21.6. The molecule has 0 amide bonds. The lowest BCUT2D eigenvalue weighted by atomic mass is 9.73. The van der Waals surface area contributed by atoms with E-state index in [4.69, 9.17) is 5.73 Å². The van der Waals surface area contributed by atoms with E-state index in [1.54, 1.807) is 18.6 Å². The van der Waals surface area contributed by atoms with Gasteiger partial charge in [0.25, 0.3) is 0 Å². The van der Waals surface area contributed by atoms with Crippen molar-refractivity contribution in [1.29, 1.82) is 0 Å². The van der Waals surface area contributed by atoms with Crippen molar-refractivity contribution in [2.24, 2.45) is 11.1 Å². The van der Waals surface area contributed by atoms with Crippen LogP contribution >= 0.6 is 11.8 Å². The highest BCUT2D eigenvalue weighted by atomic mass is 32.2. The van der Waals surface area contributed by atoms with Crippen molar-refractivity contribution in [1.82, 2.24) is 19.7 Å². The molecule has 2 N–H and O–H groups in total. The van der Waals surface area contributed by atoms with Crippen molar-refractivity contribution in [3.8, 4) is 0 Å². The number of benzene rings is 1. The van der Waals surface area contributed by atoms with Gasteiger partial charge in [0.15, 0.2) is 0 Å². The predicted octanol–water partition coefficient (Wildman–Crippen LogP) is 4.14. The number of piperidine rings is 1. The van der Waals surface area contributed by atoms with Crippen molar-refractivity contribution in [2.45, 2.75) is 41.5 Å². The number of anilines is 1. The zero-order valence-corrected chi connectivity index (χ0v) is 17.4. The number of nitrogens with two attached hydrogens (primary N) is 1. The lowest BCUT2D eigenvalue weighted by Gasteiger charge is -2.41. The van der Waals surface area contributed by atoms with Crippen molar-refractivity contribution in [3.63, 3.8) is 0 Å². The summed E-state index contributed by atoms with van der Waals surface area (Å²) in [5, 5.41) is 5.02. The number of nitrogens with zero attached hydrogens (tertiary/aromatic N) is 5. The summed E-state index contributed by atoms with van der Waals surface area (Å²) >= 11 is 1.29. The molecule has 31 heavy (non-hydrogen) atoms. The molecule has 3 aromatic rings. The second kappa shape index (κ2) is 7.52. The molecule has 2 aromatic heterocycles. The molecule has 162 valence electrons. The summed E-state index contributed by atoms with van der Waals surface area (Å²) < 4.78 is 40.1. The zero-order valence-electron chi connectivity index (χ0n) is 16.6. The molecule has 5 rings (SSSR count). The lowest BCUT2D eigenvalue weighted by molar-refractivity contribution is -0.137. The van der Waals surface area contributed by atoms with Crippen LogP contribution in [-0.4, -0.2) is 32.8 Å². The monoisotopic (exact) mass is 446 g/mol. The fraction of sp³-hybridized carbons (Fsp3) is 0.381. The summed E-state index contributed by atoms with van der Waals surface area (Å²) in [5.41, 5.74) is 7.03. The Hall–Kier alpha value is -2.59. The number of fused-ring (bicyclic) bond motifs is 1. The van der Waals surface area contributed by atoms with Gasteiger partial charge in [-0.25, -0.2) is 9.97 Å². The molecule has 2 aliphatic heterocycles. The minimum atomic E-state index is -4.33. The molecule has 1 spiro atoms. The number of hydrogen-bond acceptors (Lipinski definition) is 6. The fourth-order valence-electron chi connectivity index (χ4n) is 4.46. The van der Waals surface area contributed by atoms with Gasteiger partial charge in [-0.05, 0) is 43.2 Å². The van der Waals surface area contributed by atoms with Gasteiger partial charge in [-0.3, -0.25) is 4.68 Å². The minimum absolute atomic E-state index is 0.00532. The highest BCUT2D eigenvalue weighted by molar-refractivity contribution is 7.99. The molecule has 4 heterocycles. The molecular formula is C21H21F3N6S. The van der Waals surface area contributed by atoms with Gasteiger partial charge >= 0.3 is 6.18 Å². The number of aromatic nitrogens is 4. The first-order valence-corrected chi connectivity index (χ1v) is 10.9. The maximum Gasteiger partial charge on any atom is 0.416 e. The Bertz CT molecular complexity index is 1060. The van der Waals surface area contributed by atoms with Gasteiger partial charge in [0.05, 0.1) is 29.7 Å². The molecule has 1 fully saturated rings. The summed E-state index contributed by atoms with van der Waals surface area (Å²) in [6, 6.07) is 7.06. The number of rotatable bonds is 3. The normalized spacial score (nSPS) is 20.3. The maximum absolute atomic E-state index is 12.7. The van der Waals surface area contributed by atoms with E-state index in [1.165, 1.54) is 23.9 Å². The summed E-state index contributed by atoms with van der Waals surface area (Å²) in [7, 11) is 0. The van der Waals surface area contributed by atoms with Crippen LogP contribution in [0.4, 0.5) is 19.0 Å².